The summed E-state index contributed by atoms with van der Waals surface area (Å²) >= 11 is 0. The Morgan fingerprint density at radius 3 is 2.05 bits per heavy atom. The van der Waals surface area contributed by atoms with Crippen molar-refractivity contribution in [3.63, 3.8) is 0 Å². The summed E-state index contributed by atoms with van der Waals surface area (Å²) < 4.78 is 5.36. The average Bonchev–Trinajstić information content (AvgIpc) is 2.54. The standard InChI is InChI=1S/C19H22O3/c1-4-18(20)15-5-7-16(8-6-15)19(21)22-17-11-9-14(10-12-17)13(2)3/h5-13,18,20H,4H2,1-3H3. The molecule has 0 aliphatic carbocycles. The van der Waals surface area contributed by atoms with Gasteiger partial charge in [-0.1, -0.05) is 45.0 Å². The number of aliphatic hydroxyl groups excluding tert-OH is 1. The molecule has 0 heterocycles. The molecule has 1 atom stereocenters. The van der Waals surface area contributed by atoms with E-state index in [1.54, 1.807) is 24.3 Å². The minimum atomic E-state index is -0.492. The van der Waals surface area contributed by atoms with Crippen LogP contribution in [0.1, 0.15) is 60.7 Å². The van der Waals surface area contributed by atoms with Gasteiger partial charge in [0.05, 0.1) is 11.7 Å². The van der Waals surface area contributed by atoms with E-state index in [-0.39, 0.29) is 0 Å². The van der Waals surface area contributed by atoms with E-state index in [9.17, 15) is 9.90 Å². The summed E-state index contributed by atoms with van der Waals surface area (Å²) in [6, 6.07) is 14.4. The molecule has 1 unspecified atom stereocenters. The van der Waals surface area contributed by atoms with Gasteiger partial charge in [0.25, 0.3) is 0 Å². The molecule has 116 valence electrons. The van der Waals surface area contributed by atoms with Crippen LogP contribution in [0.5, 0.6) is 5.75 Å². The summed E-state index contributed by atoms with van der Waals surface area (Å²) in [6.45, 7) is 6.15. The molecule has 0 amide bonds. The lowest BCUT2D eigenvalue weighted by Gasteiger charge is -2.10. The largest absolute Gasteiger partial charge is 0.423 e. The Hall–Kier alpha value is -2.13. The normalized spacial score (nSPS) is 12.2. The smallest absolute Gasteiger partial charge is 0.343 e. The molecule has 2 rings (SSSR count). The lowest BCUT2D eigenvalue weighted by atomic mass is 10.0. The molecule has 0 aliphatic heterocycles. The van der Waals surface area contributed by atoms with Crippen LogP contribution in [-0.2, 0) is 0 Å². The third kappa shape index (κ3) is 3.95. The van der Waals surface area contributed by atoms with Crippen LogP contribution in [0.2, 0.25) is 0 Å². The maximum atomic E-state index is 12.1. The Labute approximate surface area is 131 Å². The van der Waals surface area contributed by atoms with Crippen LogP contribution in [0.15, 0.2) is 48.5 Å². The molecule has 2 aromatic carbocycles. The third-order valence-corrected chi connectivity index (χ3v) is 3.68. The van der Waals surface area contributed by atoms with E-state index < -0.39 is 12.1 Å². The SMILES string of the molecule is CCC(O)c1ccc(C(=O)Oc2ccc(C(C)C)cc2)cc1. The van der Waals surface area contributed by atoms with Gasteiger partial charge in [-0.25, -0.2) is 4.79 Å². The van der Waals surface area contributed by atoms with Crippen LogP contribution in [0.25, 0.3) is 0 Å². The van der Waals surface area contributed by atoms with Gasteiger partial charge in [-0.3, -0.25) is 0 Å². The van der Waals surface area contributed by atoms with Gasteiger partial charge < -0.3 is 9.84 Å². The van der Waals surface area contributed by atoms with Crippen molar-refractivity contribution < 1.29 is 14.6 Å². The monoisotopic (exact) mass is 298 g/mol. The van der Waals surface area contributed by atoms with Crippen LogP contribution in [0.3, 0.4) is 0 Å². The first-order valence-electron chi connectivity index (χ1n) is 7.61. The Balaban J connectivity index is 2.05. The highest BCUT2D eigenvalue weighted by Crippen LogP contribution is 2.20. The van der Waals surface area contributed by atoms with E-state index in [2.05, 4.69) is 13.8 Å². The molecule has 3 nitrogen and oxygen atoms in total. The molecule has 0 fully saturated rings. The molecule has 0 radical (unpaired) electrons. The molecule has 0 saturated carbocycles. The third-order valence-electron chi connectivity index (χ3n) is 3.68. The number of carbonyl (C=O) groups is 1. The predicted molar refractivity (Wildman–Crippen MR) is 87.2 cm³/mol. The molecule has 3 heteroatoms. The van der Waals surface area contributed by atoms with Crippen molar-refractivity contribution in [3.05, 3.63) is 65.2 Å². The van der Waals surface area contributed by atoms with Gasteiger partial charge in [0.1, 0.15) is 5.75 Å². The second-order valence-corrected chi connectivity index (χ2v) is 5.66. The molecule has 0 aromatic heterocycles. The van der Waals surface area contributed by atoms with E-state index in [4.69, 9.17) is 4.74 Å². The second kappa shape index (κ2) is 7.23. The minimum Gasteiger partial charge on any atom is -0.423 e. The van der Waals surface area contributed by atoms with Crippen molar-refractivity contribution in [2.45, 2.75) is 39.2 Å². The van der Waals surface area contributed by atoms with E-state index in [1.807, 2.05) is 31.2 Å². The van der Waals surface area contributed by atoms with Gasteiger partial charge in [-0.05, 0) is 47.7 Å². The van der Waals surface area contributed by atoms with Gasteiger partial charge in [0.15, 0.2) is 0 Å². The molecule has 22 heavy (non-hydrogen) atoms. The van der Waals surface area contributed by atoms with Crippen molar-refractivity contribution in [2.75, 3.05) is 0 Å². The molecular formula is C19H22O3. The first-order chi connectivity index (χ1) is 10.5. The van der Waals surface area contributed by atoms with Gasteiger partial charge >= 0.3 is 5.97 Å². The van der Waals surface area contributed by atoms with Gasteiger partial charge in [0, 0.05) is 0 Å². The molecule has 0 spiro atoms. The van der Waals surface area contributed by atoms with Crippen molar-refractivity contribution in [2.24, 2.45) is 0 Å². The first-order valence-corrected chi connectivity index (χ1v) is 7.61. The number of rotatable bonds is 5. The number of hydrogen-bond donors (Lipinski definition) is 1. The zero-order chi connectivity index (χ0) is 16.1. The highest BCUT2D eigenvalue weighted by molar-refractivity contribution is 5.91. The van der Waals surface area contributed by atoms with Crippen LogP contribution in [0.4, 0.5) is 0 Å². The number of carbonyl (C=O) groups excluding carboxylic acids is 1. The maximum absolute atomic E-state index is 12.1. The number of benzene rings is 2. The number of esters is 1. The minimum absolute atomic E-state index is 0.394. The summed E-state index contributed by atoms with van der Waals surface area (Å²) in [7, 11) is 0. The fourth-order valence-corrected chi connectivity index (χ4v) is 2.16. The fraction of sp³-hybridized carbons (Fsp3) is 0.316. The molecule has 0 aliphatic rings. The first kappa shape index (κ1) is 16.2. The zero-order valence-corrected chi connectivity index (χ0v) is 13.2. The second-order valence-electron chi connectivity index (χ2n) is 5.66. The summed E-state index contributed by atoms with van der Waals surface area (Å²) in [6.07, 6.45) is 0.153. The average molecular weight is 298 g/mol. The van der Waals surface area contributed by atoms with Crippen molar-refractivity contribution >= 4 is 5.97 Å². The van der Waals surface area contributed by atoms with Crippen LogP contribution in [0, 0.1) is 0 Å². The Kier molecular flexibility index (Phi) is 5.34. The maximum Gasteiger partial charge on any atom is 0.343 e. The van der Waals surface area contributed by atoms with E-state index in [0.717, 1.165) is 5.56 Å². The van der Waals surface area contributed by atoms with Crippen LogP contribution in [-0.4, -0.2) is 11.1 Å². The van der Waals surface area contributed by atoms with Crippen molar-refractivity contribution in [1.82, 2.24) is 0 Å². The summed E-state index contributed by atoms with van der Waals surface area (Å²) in [4.78, 5) is 12.1. The Morgan fingerprint density at radius 1 is 1.00 bits per heavy atom. The van der Waals surface area contributed by atoms with Crippen molar-refractivity contribution in [3.8, 4) is 5.75 Å². The van der Waals surface area contributed by atoms with Gasteiger partial charge in [-0.15, -0.1) is 0 Å². The topological polar surface area (TPSA) is 46.5 Å². The molecular weight excluding hydrogens is 276 g/mol. The number of aliphatic hydroxyl groups is 1. The van der Waals surface area contributed by atoms with E-state index in [1.165, 1.54) is 5.56 Å². The summed E-state index contributed by atoms with van der Waals surface area (Å²) in [5.41, 5.74) is 2.48. The van der Waals surface area contributed by atoms with Gasteiger partial charge in [-0.2, -0.15) is 0 Å². The van der Waals surface area contributed by atoms with Crippen LogP contribution < -0.4 is 4.74 Å². The highest BCUT2D eigenvalue weighted by atomic mass is 16.5. The molecule has 0 bridgehead atoms. The lowest BCUT2D eigenvalue weighted by Crippen LogP contribution is -2.08. The lowest BCUT2D eigenvalue weighted by molar-refractivity contribution is 0.0734. The summed E-state index contributed by atoms with van der Waals surface area (Å²) in [5, 5.41) is 9.75. The van der Waals surface area contributed by atoms with Crippen LogP contribution >= 0.6 is 0 Å². The van der Waals surface area contributed by atoms with E-state index in [0.29, 0.717) is 23.7 Å². The zero-order valence-electron chi connectivity index (χ0n) is 13.2. The molecule has 2 aromatic rings. The Bertz CT molecular complexity index is 612. The molecule has 1 N–H and O–H groups in total. The highest BCUT2D eigenvalue weighted by Gasteiger charge is 2.11. The van der Waals surface area contributed by atoms with Crippen molar-refractivity contribution in [1.29, 1.82) is 0 Å². The quantitative estimate of drug-likeness (QED) is 0.654. The molecule has 0 saturated heterocycles. The van der Waals surface area contributed by atoms with E-state index >= 15 is 0 Å². The fourth-order valence-electron chi connectivity index (χ4n) is 2.16. The predicted octanol–water partition coefficient (Wildman–Crippen LogP) is 4.47. The Morgan fingerprint density at radius 2 is 1.55 bits per heavy atom. The summed E-state index contributed by atoms with van der Waals surface area (Å²) in [5.74, 6) is 0.587. The number of ether oxygens (including phenoxy) is 1. The van der Waals surface area contributed by atoms with Gasteiger partial charge in [0.2, 0.25) is 0 Å². The number of hydrogen-bond acceptors (Lipinski definition) is 3.